The zero-order chi connectivity index (χ0) is 17.3. The molecule has 1 heterocycles. The van der Waals surface area contributed by atoms with Crippen molar-refractivity contribution in [3.8, 4) is 0 Å². The number of carbonyl (C=O) groups is 1. The third kappa shape index (κ3) is 4.57. The average molecular weight is 323 g/mol. The molecule has 0 aromatic carbocycles. The van der Waals surface area contributed by atoms with Crippen LogP contribution in [0.2, 0.25) is 0 Å². The molecule has 2 aliphatic rings. The van der Waals surface area contributed by atoms with Crippen LogP contribution in [0.15, 0.2) is 11.6 Å². The predicted molar refractivity (Wildman–Crippen MR) is 92.1 cm³/mol. The maximum absolute atomic E-state index is 11.1. The Balaban J connectivity index is 2.12. The summed E-state index contributed by atoms with van der Waals surface area (Å²) < 4.78 is 0. The lowest BCUT2D eigenvalue weighted by Gasteiger charge is -2.54. The molecule has 2 fully saturated rings. The Bertz CT molecular complexity index is 443. The summed E-state index contributed by atoms with van der Waals surface area (Å²) in [5.74, 6) is -0.538. The molecule has 0 unspecified atom stereocenters. The van der Waals surface area contributed by atoms with Gasteiger partial charge in [0.05, 0.1) is 6.10 Å². The lowest BCUT2D eigenvalue weighted by Crippen LogP contribution is -2.61. The fourth-order valence-corrected chi connectivity index (χ4v) is 4.49. The van der Waals surface area contributed by atoms with E-state index in [1.54, 1.807) is 6.92 Å². The van der Waals surface area contributed by atoms with E-state index in [1.165, 1.54) is 19.3 Å². The molecule has 0 spiro atoms. The smallest absolute Gasteiger partial charge is 0.330 e. The molecule has 0 amide bonds. The third-order valence-electron chi connectivity index (χ3n) is 5.25. The molecule has 132 valence electrons. The first-order chi connectivity index (χ1) is 10.6. The highest BCUT2D eigenvalue weighted by molar-refractivity contribution is 5.85. The molecule has 4 heteroatoms. The fraction of sp³-hybridized carbons (Fsp3) is 0.842. The molecule has 1 saturated heterocycles. The number of aliphatic carboxylic acids is 1. The van der Waals surface area contributed by atoms with E-state index in [1.807, 2.05) is 6.08 Å². The maximum Gasteiger partial charge on any atom is 0.330 e. The first-order valence-electron chi connectivity index (χ1n) is 9.01. The van der Waals surface area contributed by atoms with Gasteiger partial charge in [-0.25, -0.2) is 4.79 Å². The molecule has 0 radical (unpaired) electrons. The zero-order valence-corrected chi connectivity index (χ0v) is 15.4. The second-order valence-corrected chi connectivity index (χ2v) is 8.61. The molecule has 0 aromatic heterocycles. The van der Waals surface area contributed by atoms with Crippen molar-refractivity contribution in [1.29, 1.82) is 0 Å². The van der Waals surface area contributed by atoms with E-state index in [-0.39, 0.29) is 17.0 Å². The predicted octanol–water partition coefficient (Wildman–Crippen LogP) is 4.55. The number of piperidine rings is 1. The first kappa shape index (κ1) is 18.5. The highest BCUT2D eigenvalue weighted by Gasteiger charge is 2.46. The fourth-order valence-electron chi connectivity index (χ4n) is 4.49. The molecule has 1 saturated carbocycles. The van der Waals surface area contributed by atoms with E-state index < -0.39 is 5.97 Å². The van der Waals surface area contributed by atoms with E-state index >= 15 is 0 Å². The van der Waals surface area contributed by atoms with E-state index in [0.29, 0.717) is 11.7 Å². The van der Waals surface area contributed by atoms with Gasteiger partial charge in [0.25, 0.3) is 0 Å². The van der Waals surface area contributed by atoms with Crippen LogP contribution in [0.1, 0.15) is 79.6 Å². The minimum atomic E-state index is -0.818. The topological polar surface area (TPSA) is 49.8 Å². The molecule has 1 aliphatic heterocycles. The Kier molecular flexibility index (Phi) is 5.57. The average Bonchev–Trinajstić information content (AvgIpc) is 2.43. The van der Waals surface area contributed by atoms with Crippen molar-refractivity contribution in [2.24, 2.45) is 5.92 Å². The largest absolute Gasteiger partial charge is 0.478 e. The van der Waals surface area contributed by atoms with Crippen LogP contribution in [-0.2, 0) is 9.63 Å². The lowest BCUT2D eigenvalue weighted by molar-refractivity contribution is -0.312. The van der Waals surface area contributed by atoms with Gasteiger partial charge in [-0.15, -0.1) is 0 Å². The Morgan fingerprint density at radius 3 is 2.09 bits per heavy atom. The summed E-state index contributed by atoms with van der Waals surface area (Å²) >= 11 is 0. The second kappa shape index (κ2) is 6.94. The molecule has 1 N–H and O–H groups in total. The van der Waals surface area contributed by atoms with Gasteiger partial charge < -0.3 is 5.11 Å². The molecule has 0 aromatic rings. The second-order valence-electron chi connectivity index (χ2n) is 8.61. The van der Waals surface area contributed by atoms with Crippen LogP contribution >= 0.6 is 0 Å². The van der Waals surface area contributed by atoms with Crippen molar-refractivity contribution < 1.29 is 14.7 Å². The molecule has 2 rings (SSSR count). The molecule has 4 nitrogen and oxygen atoms in total. The minimum Gasteiger partial charge on any atom is -0.478 e. The van der Waals surface area contributed by atoms with Crippen molar-refractivity contribution >= 4 is 5.97 Å². The summed E-state index contributed by atoms with van der Waals surface area (Å²) in [7, 11) is 0. The Morgan fingerprint density at radius 2 is 1.61 bits per heavy atom. The van der Waals surface area contributed by atoms with E-state index in [9.17, 15) is 4.79 Å². The number of allylic oxidation sites excluding steroid dienone is 1. The Labute approximate surface area is 140 Å². The van der Waals surface area contributed by atoms with Gasteiger partial charge in [-0.1, -0.05) is 25.3 Å². The molecule has 1 aliphatic carbocycles. The van der Waals surface area contributed by atoms with Gasteiger partial charge in [0.1, 0.15) is 0 Å². The van der Waals surface area contributed by atoms with Crippen LogP contribution in [-0.4, -0.2) is 33.3 Å². The molecular formula is C19H33NO3. The van der Waals surface area contributed by atoms with Crippen LogP contribution in [0.5, 0.6) is 0 Å². The van der Waals surface area contributed by atoms with Crippen molar-refractivity contribution in [3.63, 3.8) is 0 Å². The summed E-state index contributed by atoms with van der Waals surface area (Å²) in [6, 6.07) is 0. The normalized spacial score (nSPS) is 27.1. The van der Waals surface area contributed by atoms with Gasteiger partial charge >= 0.3 is 5.97 Å². The summed E-state index contributed by atoms with van der Waals surface area (Å²) in [5.41, 5.74) is 0.251. The Hall–Kier alpha value is -0.870. The maximum atomic E-state index is 11.1. The van der Waals surface area contributed by atoms with Gasteiger partial charge in [0.2, 0.25) is 0 Å². The van der Waals surface area contributed by atoms with Crippen molar-refractivity contribution in [2.45, 2.75) is 96.7 Å². The van der Waals surface area contributed by atoms with Crippen molar-refractivity contribution in [2.75, 3.05) is 0 Å². The van der Waals surface area contributed by atoms with E-state index in [2.05, 4.69) is 32.8 Å². The number of hydrogen-bond donors (Lipinski definition) is 1. The van der Waals surface area contributed by atoms with Gasteiger partial charge in [0.15, 0.2) is 0 Å². The summed E-state index contributed by atoms with van der Waals surface area (Å²) in [6.07, 6.45) is 10.3. The molecule has 0 bridgehead atoms. The number of nitrogens with zero attached hydrogens (tertiary/aromatic N) is 1. The molecular weight excluding hydrogens is 290 g/mol. The van der Waals surface area contributed by atoms with Crippen LogP contribution in [0.3, 0.4) is 0 Å². The standard InChI is InChI=1S/C19H33NO3/c1-14(17(21)22)11-15-12-18(2,3)20(19(4,5)13-15)23-16-9-7-6-8-10-16/h11,15-16H,6-10,12-13H2,1-5H3,(H,21,22). The van der Waals surface area contributed by atoms with Crippen LogP contribution in [0, 0.1) is 5.92 Å². The Morgan fingerprint density at radius 1 is 1.09 bits per heavy atom. The van der Waals surface area contributed by atoms with Crippen LogP contribution in [0.25, 0.3) is 0 Å². The summed E-state index contributed by atoms with van der Waals surface area (Å²) in [6.45, 7) is 10.6. The molecule has 0 atom stereocenters. The van der Waals surface area contributed by atoms with Gasteiger partial charge in [-0.2, -0.15) is 5.06 Å². The third-order valence-corrected chi connectivity index (χ3v) is 5.25. The van der Waals surface area contributed by atoms with Crippen molar-refractivity contribution in [3.05, 3.63) is 11.6 Å². The van der Waals surface area contributed by atoms with E-state index in [0.717, 1.165) is 25.7 Å². The SMILES string of the molecule is CC(=CC1CC(C)(C)N(OC2CCCCC2)C(C)(C)C1)C(=O)O. The molecule has 23 heavy (non-hydrogen) atoms. The zero-order valence-electron chi connectivity index (χ0n) is 15.4. The monoisotopic (exact) mass is 323 g/mol. The minimum absolute atomic E-state index is 0.0981. The van der Waals surface area contributed by atoms with Gasteiger partial charge in [-0.3, -0.25) is 4.84 Å². The van der Waals surface area contributed by atoms with Crippen LogP contribution < -0.4 is 0 Å². The van der Waals surface area contributed by atoms with E-state index in [4.69, 9.17) is 9.94 Å². The van der Waals surface area contributed by atoms with Crippen LogP contribution in [0.4, 0.5) is 0 Å². The van der Waals surface area contributed by atoms with Crippen molar-refractivity contribution in [1.82, 2.24) is 5.06 Å². The van der Waals surface area contributed by atoms with Gasteiger partial charge in [-0.05, 0) is 66.2 Å². The summed E-state index contributed by atoms with van der Waals surface area (Å²) in [5, 5.41) is 11.4. The number of hydroxylamine groups is 2. The first-order valence-corrected chi connectivity index (χ1v) is 9.01. The highest BCUT2D eigenvalue weighted by atomic mass is 16.7. The van der Waals surface area contributed by atoms with Gasteiger partial charge in [0, 0.05) is 16.7 Å². The summed E-state index contributed by atoms with van der Waals surface area (Å²) in [4.78, 5) is 17.6. The quantitative estimate of drug-likeness (QED) is 0.771. The number of carboxylic acid groups (broad SMARTS) is 1. The lowest BCUT2D eigenvalue weighted by atomic mass is 9.75. The number of carboxylic acids is 1. The number of rotatable bonds is 4. The number of hydrogen-bond acceptors (Lipinski definition) is 3. The highest BCUT2D eigenvalue weighted by Crippen LogP contribution is 2.43.